The third-order valence-electron chi connectivity index (χ3n) is 4.16. The topological polar surface area (TPSA) is 75.4 Å². The predicted molar refractivity (Wildman–Crippen MR) is 109 cm³/mol. The summed E-state index contributed by atoms with van der Waals surface area (Å²) in [6.45, 7) is 3.31. The molecule has 0 aliphatic heterocycles. The van der Waals surface area contributed by atoms with Crippen molar-refractivity contribution in [3.05, 3.63) is 48.5 Å². The van der Waals surface area contributed by atoms with Crippen LogP contribution in [-0.4, -0.2) is 35.0 Å². The number of nitrogens with one attached hydrogen (secondary N) is 1. The molecule has 3 rings (SSSR count). The lowest BCUT2D eigenvalue weighted by Gasteiger charge is -2.08. The van der Waals surface area contributed by atoms with Crippen LogP contribution in [0.25, 0.3) is 11.0 Å². The van der Waals surface area contributed by atoms with Crippen LogP contribution < -0.4 is 14.0 Å². The fraction of sp³-hybridized carbons (Fsp3) is 0.333. The molecule has 0 radical (unpaired) electrons. The molecule has 148 valence electrons. The van der Waals surface area contributed by atoms with Crippen LogP contribution in [0.4, 0.5) is 0 Å². The van der Waals surface area contributed by atoms with Crippen molar-refractivity contribution < 1.29 is 23.9 Å². The van der Waals surface area contributed by atoms with Crippen LogP contribution in [0.1, 0.15) is 19.8 Å². The predicted octanol–water partition coefficient (Wildman–Crippen LogP) is 3.89. The number of thioether (sulfide) groups is 1. The maximum absolute atomic E-state index is 11.2. The molecule has 2 N–H and O–H groups in total. The zero-order valence-corrected chi connectivity index (χ0v) is 16.7. The quantitative estimate of drug-likeness (QED) is 0.290. The molecule has 0 spiro atoms. The number of rotatable bonds is 11. The maximum Gasteiger partial charge on any atom is 0.346 e. The molecule has 0 amide bonds. The average Bonchev–Trinajstić information content (AvgIpc) is 3.03. The number of carbonyl (C=O) groups is 1. The molecular weight excluding hydrogens is 376 g/mol. The molecule has 0 aliphatic carbocycles. The molecule has 0 saturated carbocycles. The maximum atomic E-state index is 11.2. The van der Waals surface area contributed by atoms with Crippen molar-refractivity contribution >= 4 is 28.8 Å². The monoisotopic (exact) mass is 401 g/mol. The summed E-state index contributed by atoms with van der Waals surface area (Å²) in [4.78, 5) is 14.5. The highest BCUT2D eigenvalue weighted by molar-refractivity contribution is 7.99. The zero-order valence-electron chi connectivity index (χ0n) is 15.9. The van der Waals surface area contributed by atoms with E-state index in [0.29, 0.717) is 12.4 Å². The first-order chi connectivity index (χ1) is 13.7. The smallest absolute Gasteiger partial charge is 0.346 e. The summed E-state index contributed by atoms with van der Waals surface area (Å²) < 4.78 is 13.2. The number of fused-ring (bicyclic) bond motifs is 1. The zero-order chi connectivity index (χ0) is 19.8. The number of hydrogen-bond acceptors (Lipinski definition) is 4. The Morgan fingerprint density at radius 2 is 1.75 bits per heavy atom. The van der Waals surface area contributed by atoms with E-state index in [4.69, 9.17) is 9.47 Å². The first-order valence-electron chi connectivity index (χ1n) is 9.38. The number of aliphatic carboxylic acids is 1. The second kappa shape index (κ2) is 10.0. The molecule has 6 nitrogen and oxygen atoms in total. The molecule has 3 aromatic rings. The van der Waals surface area contributed by atoms with Crippen LogP contribution in [0.2, 0.25) is 0 Å². The number of unbranched alkanes of at least 4 members (excludes halogenated alkanes) is 1. The van der Waals surface area contributed by atoms with E-state index >= 15 is 0 Å². The standard InChI is InChI=1S/C21H24N2O4S/c1-2-3-12-26-16-8-10-17(11-9-16)27-13-14-28-21-22-18-6-4-5-7-19(18)23(21)15-20(24)25/h4-11H,2-3,12-15H2,1H3,(H,24,25)/p+1. The van der Waals surface area contributed by atoms with Gasteiger partial charge in [-0.2, -0.15) is 0 Å². The third kappa shape index (κ3) is 5.42. The molecule has 2 aromatic carbocycles. The van der Waals surface area contributed by atoms with Crippen LogP contribution in [0.15, 0.2) is 53.7 Å². The lowest BCUT2D eigenvalue weighted by molar-refractivity contribution is -0.697. The van der Waals surface area contributed by atoms with Crippen LogP contribution in [0.3, 0.4) is 0 Å². The highest BCUT2D eigenvalue weighted by Gasteiger charge is 2.20. The number of H-pyrrole nitrogens is 1. The van der Waals surface area contributed by atoms with Crippen molar-refractivity contribution in [3.63, 3.8) is 0 Å². The van der Waals surface area contributed by atoms with Crippen molar-refractivity contribution in [2.45, 2.75) is 31.5 Å². The normalized spacial score (nSPS) is 10.9. The number of carboxylic acid groups (broad SMARTS) is 1. The fourth-order valence-electron chi connectivity index (χ4n) is 2.78. The number of carboxylic acids is 1. The van der Waals surface area contributed by atoms with Gasteiger partial charge in [-0.1, -0.05) is 25.5 Å². The summed E-state index contributed by atoms with van der Waals surface area (Å²) in [5, 5.41) is 10.0. The molecule has 0 bridgehead atoms. The summed E-state index contributed by atoms with van der Waals surface area (Å²) >= 11 is 1.55. The van der Waals surface area contributed by atoms with E-state index in [-0.39, 0.29) is 6.54 Å². The van der Waals surface area contributed by atoms with Gasteiger partial charge < -0.3 is 14.6 Å². The van der Waals surface area contributed by atoms with Gasteiger partial charge in [-0.15, -0.1) is 0 Å². The van der Waals surface area contributed by atoms with Crippen LogP contribution >= 0.6 is 11.8 Å². The Bertz CT molecular complexity index is 908. The van der Waals surface area contributed by atoms with Gasteiger partial charge in [-0.3, -0.25) is 0 Å². The number of ether oxygens (including phenoxy) is 2. The Morgan fingerprint density at radius 3 is 2.43 bits per heavy atom. The molecule has 1 heterocycles. The second-order valence-corrected chi connectivity index (χ2v) is 7.38. The number of nitrogens with zero attached hydrogens (tertiary/aromatic N) is 1. The number of hydrogen-bond donors (Lipinski definition) is 2. The van der Waals surface area contributed by atoms with Crippen LogP contribution in [0, 0.1) is 0 Å². The van der Waals surface area contributed by atoms with E-state index in [2.05, 4.69) is 11.9 Å². The van der Waals surface area contributed by atoms with Gasteiger partial charge in [0.25, 0.3) is 0 Å². The number of aromatic nitrogens is 2. The van der Waals surface area contributed by atoms with Gasteiger partial charge in [0.2, 0.25) is 0 Å². The van der Waals surface area contributed by atoms with Gasteiger partial charge in [-0.25, -0.2) is 14.3 Å². The van der Waals surface area contributed by atoms with E-state index in [0.717, 1.165) is 47.1 Å². The minimum absolute atomic E-state index is 0.0767. The Hall–Kier alpha value is -2.67. The SMILES string of the molecule is CCCCOc1ccc(OCCSc2[nH]c3ccccc3[n+]2CC(=O)O)cc1. The number of benzene rings is 2. The van der Waals surface area contributed by atoms with Crippen LogP contribution in [-0.2, 0) is 11.3 Å². The van der Waals surface area contributed by atoms with E-state index < -0.39 is 5.97 Å². The molecule has 0 aliphatic rings. The first kappa shape index (κ1) is 20.1. The van der Waals surface area contributed by atoms with E-state index in [1.54, 1.807) is 16.3 Å². The molecule has 0 fully saturated rings. The van der Waals surface area contributed by atoms with Gasteiger partial charge in [0.05, 0.1) is 13.2 Å². The highest BCUT2D eigenvalue weighted by atomic mass is 32.2. The summed E-state index contributed by atoms with van der Waals surface area (Å²) in [6, 6.07) is 15.3. The summed E-state index contributed by atoms with van der Waals surface area (Å²) in [5.74, 6) is 1.47. The number of imidazole rings is 1. The van der Waals surface area contributed by atoms with Crippen molar-refractivity contribution in [1.29, 1.82) is 0 Å². The lowest BCUT2D eigenvalue weighted by Crippen LogP contribution is -2.39. The summed E-state index contributed by atoms with van der Waals surface area (Å²) in [7, 11) is 0. The van der Waals surface area contributed by atoms with Crippen molar-refractivity contribution in [3.8, 4) is 11.5 Å². The Labute approximate surface area is 168 Å². The second-order valence-electron chi connectivity index (χ2n) is 6.30. The summed E-state index contributed by atoms with van der Waals surface area (Å²) in [6.07, 6.45) is 2.16. The van der Waals surface area contributed by atoms with Gasteiger partial charge in [0, 0.05) is 5.75 Å². The minimum atomic E-state index is -0.867. The van der Waals surface area contributed by atoms with Gasteiger partial charge in [0.1, 0.15) is 11.5 Å². The Balaban J connectivity index is 1.53. The highest BCUT2D eigenvalue weighted by Crippen LogP contribution is 2.20. The van der Waals surface area contributed by atoms with Crippen molar-refractivity contribution in [2.24, 2.45) is 0 Å². The molecular formula is C21H25N2O4S+. The molecule has 1 aromatic heterocycles. The Morgan fingerprint density at radius 1 is 1.07 bits per heavy atom. The molecule has 7 heteroatoms. The first-order valence-corrected chi connectivity index (χ1v) is 10.4. The van der Waals surface area contributed by atoms with Gasteiger partial charge >= 0.3 is 11.1 Å². The molecule has 28 heavy (non-hydrogen) atoms. The van der Waals surface area contributed by atoms with Crippen molar-refractivity contribution in [2.75, 3.05) is 19.0 Å². The summed E-state index contributed by atoms with van der Waals surface area (Å²) in [5.41, 5.74) is 1.80. The fourth-order valence-corrected chi connectivity index (χ4v) is 3.64. The van der Waals surface area contributed by atoms with Crippen molar-refractivity contribution in [1.82, 2.24) is 4.98 Å². The van der Waals surface area contributed by atoms with E-state index in [1.807, 2.05) is 48.5 Å². The van der Waals surface area contributed by atoms with Crippen LogP contribution in [0.5, 0.6) is 11.5 Å². The van der Waals surface area contributed by atoms with E-state index in [1.165, 1.54) is 0 Å². The third-order valence-corrected chi connectivity index (χ3v) is 5.12. The molecule has 0 saturated heterocycles. The van der Waals surface area contributed by atoms with E-state index in [9.17, 15) is 9.90 Å². The Kier molecular flexibility index (Phi) is 7.19. The minimum Gasteiger partial charge on any atom is -0.494 e. The van der Waals surface area contributed by atoms with Gasteiger partial charge in [-0.05, 0) is 54.6 Å². The van der Waals surface area contributed by atoms with Gasteiger partial charge in [0.15, 0.2) is 17.6 Å². The lowest BCUT2D eigenvalue weighted by atomic mass is 10.3. The average molecular weight is 402 g/mol. The largest absolute Gasteiger partial charge is 0.494 e. The molecule has 0 unspecified atom stereocenters. The number of para-hydroxylation sites is 2. The number of aromatic amines is 1. The molecule has 0 atom stereocenters.